The van der Waals surface area contributed by atoms with E-state index >= 15 is 0 Å². The molecule has 0 amide bonds. The third-order valence-electron chi connectivity index (χ3n) is 3.69. The second kappa shape index (κ2) is 4.40. The van der Waals surface area contributed by atoms with E-state index in [-0.39, 0.29) is 0 Å². The third-order valence-corrected chi connectivity index (χ3v) is 3.69. The van der Waals surface area contributed by atoms with Gasteiger partial charge in [0.1, 0.15) is 0 Å². The summed E-state index contributed by atoms with van der Waals surface area (Å²) in [4.78, 5) is 0. The van der Waals surface area contributed by atoms with Gasteiger partial charge in [-0.25, -0.2) is 0 Å². The zero-order valence-corrected chi connectivity index (χ0v) is 10.9. The minimum Gasteiger partial charge on any atom is -0.0616 e. The van der Waals surface area contributed by atoms with Crippen molar-refractivity contribution in [2.45, 2.75) is 0 Å². The van der Waals surface area contributed by atoms with Gasteiger partial charge in [0, 0.05) is 11.1 Å². The van der Waals surface area contributed by atoms with Crippen LogP contribution in [0.2, 0.25) is 0 Å². The van der Waals surface area contributed by atoms with Gasteiger partial charge in [-0.1, -0.05) is 72.5 Å². The first kappa shape index (κ1) is 11.1. The normalized spacial score (nSPS) is 11.0. The average molecular weight is 252 g/mol. The van der Waals surface area contributed by atoms with Crippen molar-refractivity contribution in [3.8, 4) is 34.1 Å². The Hall–Kier alpha value is -2.78. The van der Waals surface area contributed by atoms with Gasteiger partial charge >= 0.3 is 0 Å². The topological polar surface area (TPSA) is 0 Å². The number of rotatable bonds is 0. The molecule has 0 bridgehead atoms. The molecule has 0 aliphatic heterocycles. The molecule has 0 nitrogen and oxygen atoms in total. The highest BCUT2D eigenvalue weighted by Crippen LogP contribution is 2.36. The van der Waals surface area contributed by atoms with Crippen LogP contribution >= 0.6 is 0 Å². The van der Waals surface area contributed by atoms with E-state index in [1.807, 2.05) is 12.1 Å². The highest BCUT2D eigenvalue weighted by molar-refractivity contribution is 5.89. The summed E-state index contributed by atoms with van der Waals surface area (Å²) in [5.41, 5.74) is 7.12. The Morgan fingerprint density at radius 3 is 1.20 bits per heavy atom. The molecule has 0 heteroatoms. The zero-order valence-electron chi connectivity index (χ0n) is 10.9. The van der Waals surface area contributed by atoms with Crippen LogP contribution in [0.15, 0.2) is 72.8 Å². The van der Waals surface area contributed by atoms with Crippen LogP contribution in [0.1, 0.15) is 11.1 Å². The molecular formula is C20H12. The monoisotopic (exact) mass is 252 g/mol. The van der Waals surface area contributed by atoms with Gasteiger partial charge in [-0.05, 0) is 34.4 Å². The fourth-order valence-corrected chi connectivity index (χ4v) is 2.74. The van der Waals surface area contributed by atoms with Gasteiger partial charge in [0.2, 0.25) is 0 Å². The highest BCUT2D eigenvalue weighted by atomic mass is 14.2. The van der Waals surface area contributed by atoms with E-state index in [4.69, 9.17) is 0 Å². The van der Waals surface area contributed by atoms with Crippen molar-refractivity contribution in [2.75, 3.05) is 0 Å². The third kappa shape index (κ3) is 1.65. The summed E-state index contributed by atoms with van der Waals surface area (Å²) < 4.78 is 0. The van der Waals surface area contributed by atoms with Gasteiger partial charge in [-0.15, -0.1) is 0 Å². The Balaban J connectivity index is 2.16. The van der Waals surface area contributed by atoms with Crippen LogP contribution in [0, 0.1) is 11.8 Å². The minimum atomic E-state index is 1.09. The van der Waals surface area contributed by atoms with E-state index in [0.29, 0.717) is 0 Å². The lowest BCUT2D eigenvalue weighted by molar-refractivity contribution is 1.53. The first-order valence-corrected chi connectivity index (χ1v) is 6.73. The molecule has 0 saturated heterocycles. The highest BCUT2D eigenvalue weighted by Gasteiger charge is 2.13. The lowest BCUT2D eigenvalue weighted by Crippen LogP contribution is -1.93. The minimum absolute atomic E-state index is 1.09. The lowest BCUT2D eigenvalue weighted by Gasteiger charge is -2.15. The molecule has 1 aliphatic carbocycles. The van der Waals surface area contributed by atoms with Crippen molar-refractivity contribution < 1.29 is 0 Å². The molecule has 0 unspecified atom stereocenters. The molecule has 20 heavy (non-hydrogen) atoms. The van der Waals surface area contributed by atoms with E-state index in [2.05, 4.69) is 72.5 Å². The van der Waals surface area contributed by atoms with E-state index in [9.17, 15) is 0 Å². The predicted octanol–water partition coefficient (Wildman–Crippen LogP) is 4.73. The maximum atomic E-state index is 3.31. The molecule has 4 rings (SSSR count). The molecule has 0 radical (unpaired) electrons. The molecule has 0 atom stereocenters. The fraction of sp³-hybridized carbons (Fsp3) is 0. The number of hydrogen-bond donors (Lipinski definition) is 0. The molecule has 3 aromatic carbocycles. The molecule has 0 spiro atoms. The summed E-state index contributed by atoms with van der Waals surface area (Å²) >= 11 is 0. The largest absolute Gasteiger partial charge is 0.0616 e. The average Bonchev–Trinajstić information content (AvgIpc) is 2.52. The number of hydrogen-bond acceptors (Lipinski definition) is 0. The van der Waals surface area contributed by atoms with Gasteiger partial charge in [0.15, 0.2) is 0 Å². The van der Waals surface area contributed by atoms with Gasteiger partial charge in [0.05, 0.1) is 0 Å². The van der Waals surface area contributed by atoms with Crippen molar-refractivity contribution in [2.24, 2.45) is 0 Å². The second-order valence-corrected chi connectivity index (χ2v) is 4.89. The first-order valence-electron chi connectivity index (χ1n) is 6.73. The summed E-state index contributed by atoms with van der Waals surface area (Å²) in [5, 5.41) is 0. The standard InChI is InChI=1S/C20H12/c1-3-9-17-15(7-1)13-14-16-8-2-4-10-18(16)20-12-6-5-11-19(17)20/h1-12H. The number of fused-ring (bicyclic) bond motifs is 5. The van der Waals surface area contributed by atoms with Gasteiger partial charge in [-0.2, -0.15) is 0 Å². The molecule has 0 N–H and O–H groups in total. The Morgan fingerprint density at radius 1 is 0.400 bits per heavy atom. The zero-order chi connectivity index (χ0) is 13.4. The summed E-state index contributed by atoms with van der Waals surface area (Å²) in [6.07, 6.45) is 0. The Kier molecular flexibility index (Phi) is 2.44. The SMILES string of the molecule is C1#Cc2ccccc2-c2ccccc2-c2ccccc21. The van der Waals surface area contributed by atoms with Crippen LogP contribution < -0.4 is 0 Å². The van der Waals surface area contributed by atoms with Crippen molar-refractivity contribution in [1.29, 1.82) is 0 Å². The summed E-state index contributed by atoms with van der Waals surface area (Å²) in [6, 6.07) is 25.3. The van der Waals surface area contributed by atoms with Crippen molar-refractivity contribution in [3.63, 3.8) is 0 Å². The van der Waals surface area contributed by atoms with Crippen LogP contribution in [-0.2, 0) is 0 Å². The Labute approximate surface area is 118 Å². The molecule has 92 valence electrons. The Bertz CT molecular complexity index is 790. The van der Waals surface area contributed by atoms with Crippen LogP contribution in [-0.4, -0.2) is 0 Å². The summed E-state index contributed by atoms with van der Waals surface area (Å²) in [6.45, 7) is 0. The molecule has 0 heterocycles. The van der Waals surface area contributed by atoms with Crippen molar-refractivity contribution >= 4 is 0 Å². The lowest BCUT2D eigenvalue weighted by atomic mass is 9.88. The summed E-state index contributed by atoms with van der Waals surface area (Å²) in [5.74, 6) is 6.62. The van der Waals surface area contributed by atoms with E-state index in [0.717, 1.165) is 11.1 Å². The predicted molar refractivity (Wildman–Crippen MR) is 83.3 cm³/mol. The van der Waals surface area contributed by atoms with E-state index < -0.39 is 0 Å². The van der Waals surface area contributed by atoms with Gasteiger partial charge in [0.25, 0.3) is 0 Å². The molecule has 0 fully saturated rings. The van der Waals surface area contributed by atoms with Crippen LogP contribution in [0.5, 0.6) is 0 Å². The molecule has 0 aromatic heterocycles. The molecule has 3 aromatic rings. The van der Waals surface area contributed by atoms with E-state index in [1.54, 1.807) is 0 Å². The Morgan fingerprint density at radius 2 is 0.750 bits per heavy atom. The maximum absolute atomic E-state index is 3.31. The van der Waals surface area contributed by atoms with E-state index in [1.165, 1.54) is 22.3 Å². The first-order chi connectivity index (χ1) is 9.93. The maximum Gasteiger partial charge on any atom is 0.0327 e. The van der Waals surface area contributed by atoms with Crippen LogP contribution in [0.4, 0.5) is 0 Å². The smallest absolute Gasteiger partial charge is 0.0327 e. The number of benzene rings is 3. The van der Waals surface area contributed by atoms with Crippen molar-refractivity contribution in [3.05, 3.63) is 83.9 Å². The van der Waals surface area contributed by atoms with Crippen molar-refractivity contribution in [1.82, 2.24) is 0 Å². The molecule has 1 aliphatic rings. The second-order valence-electron chi connectivity index (χ2n) is 4.89. The van der Waals surface area contributed by atoms with Crippen LogP contribution in [0.25, 0.3) is 22.3 Å². The summed E-state index contributed by atoms with van der Waals surface area (Å²) in [7, 11) is 0. The molecule has 0 saturated carbocycles. The van der Waals surface area contributed by atoms with Gasteiger partial charge in [-0.3, -0.25) is 0 Å². The van der Waals surface area contributed by atoms with Crippen LogP contribution in [0.3, 0.4) is 0 Å². The fourth-order valence-electron chi connectivity index (χ4n) is 2.74. The molecular weight excluding hydrogens is 240 g/mol. The van der Waals surface area contributed by atoms with Gasteiger partial charge < -0.3 is 0 Å². The quantitative estimate of drug-likeness (QED) is 0.397.